The molecule has 1 N–H and O–H groups in total. The highest BCUT2D eigenvalue weighted by molar-refractivity contribution is 5.75. The maximum atomic E-state index is 12.2. The number of nitrogens with one attached hydrogen (secondary N) is 1. The Kier molecular flexibility index (Phi) is 6.83. The predicted molar refractivity (Wildman–Crippen MR) is 96.8 cm³/mol. The molecular weight excluding hydrogens is 318 g/mol. The first-order chi connectivity index (χ1) is 12.0. The summed E-state index contributed by atoms with van der Waals surface area (Å²) in [5, 5.41) is 3.25. The standard InChI is InChI=1S/C20H25NO4/c1-14(17-8-6-10-19(12-17)24-4)21-15(2)20(22)25-13-16-7-5-9-18(11-16)23-3/h5-12,14-15,21H,13H2,1-4H3. The summed E-state index contributed by atoms with van der Waals surface area (Å²) in [6.07, 6.45) is 0. The van der Waals surface area contributed by atoms with E-state index in [4.69, 9.17) is 14.2 Å². The molecule has 25 heavy (non-hydrogen) atoms. The van der Waals surface area contributed by atoms with Gasteiger partial charge >= 0.3 is 5.97 Å². The molecule has 0 spiro atoms. The number of methoxy groups -OCH3 is 2. The molecule has 0 aliphatic carbocycles. The van der Waals surface area contributed by atoms with E-state index in [1.165, 1.54) is 0 Å². The van der Waals surface area contributed by atoms with Crippen LogP contribution in [0.4, 0.5) is 0 Å². The summed E-state index contributed by atoms with van der Waals surface area (Å²) in [6, 6.07) is 14.8. The van der Waals surface area contributed by atoms with Crippen LogP contribution in [0, 0.1) is 0 Å². The van der Waals surface area contributed by atoms with Gasteiger partial charge in [-0.15, -0.1) is 0 Å². The Balaban J connectivity index is 1.88. The Morgan fingerprint density at radius 3 is 2.32 bits per heavy atom. The van der Waals surface area contributed by atoms with Crippen LogP contribution in [0.1, 0.15) is 31.0 Å². The number of hydrogen-bond acceptors (Lipinski definition) is 5. The van der Waals surface area contributed by atoms with Crippen LogP contribution < -0.4 is 14.8 Å². The van der Waals surface area contributed by atoms with Crippen LogP contribution in [-0.4, -0.2) is 26.2 Å². The van der Waals surface area contributed by atoms with E-state index in [2.05, 4.69) is 5.32 Å². The molecule has 0 fully saturated rings. The average Bonchev–Trinajstić information content (AvgIpc) is 2.66. The number of ether oxygens (including phenoxy) is 3. The van der Waals surface area contributed by atoms with Crippen molar-refractivity contribution in [2.75, 3.05) is 14.2 Å². The summed E-state index contributed by atoms with van der Waals surface area (Å²) in [6.45, 7) is 4.01. The van der Waals surface area contributed by atoms with E-state index in [-0.39, 0.29) is 18.6 Å². The fourth-order valence-corrected chi connectivity index (χ4v) is 2.49. The molecule has 2 atom stereocenters. The zero-order chi connectivity index (χ0) is 18.2. The van der Waals surface area contributed by atoms with E-state index in [9.17, 15) is 4.79 Å². The number of rotatable bonds is 8. The van der Waals surface area contributed by atoms with Crippen LogP contribution in [0.2, 0.25) is 0 Å². The zero-order valence-corrected chi connectivity index (χ0v) is 15.1. The monoisotopic (exact) mass is 343 g/mol. The maximum Gasteiger partial charge on any atom is 0.323 e. The molecule has 0 saturated heterocycles. The lowest BCUT2D eigenvalue weighted by molar-refractivity contribution is -0.147. The van der Waals surface area contributed by atoms with Crippen molar-refractivity contribution in [1.82, 2.24) is 5.32 Å². The highest BCUT2D eigenvalue weighted by Gasteiger charge is 2.18. The first-order valence-corrected chi connectivity index (χ1v) is 8.23. The van der Waals surface area contributed by atoms with Crippen molar-refractivity contribution >= 4 is 5.97 Å². The molecule has 5 heteroatoms. The summed E-state index contributed by atoms with van der Waals surface area (Å²) < 4.78 is 15.8. The summed E-state index contributed by atoms with van der Waals surface area (Å²) in [5.41, 5.74) is 1.94. The van der Waals surface area contributed by atoms with Crippen LogP contribution in [0.5, 0.6) is 11.5 Å². The molecule has 0 aliphatic heterocycles. The quantitative estimate of drug-likeness (QED) is 0.744. The molecule has 0 bridgehead atoms. The van der Waals surface area contributed by atoms with Crippen molar-refractivity contribution < 1.29 is 19.0 Å². The third-order valence-electron chi connectivity index (χ3n) is 3.96. The lowest BCUT2D eigenvalue weighted by Gasteiger charge is -2.20. The van der Waals surface area contributed by atoms with Crippen molar-refractivity contribution in [3.8, 4) is 11.5 Å². The van der Waals surface area contributed by atoms with Gasteiger partial charge in [0.15, 0.2) is 0 Å². The predicted octanol–water partition coefficient (Wildman–Crippen LogP) is 3.49. The summed E-state index contributed by atoms with van der Waals surface area (Å²) in [4.78, 5) is 12.2. The van der Waals surface area contributed by atoms with Gasteiger partial charge in [-0.1, -0.05) is 24.3 Å². The highest BCUT2D eigenvalue weighted by atomic mass is 16.5. The number of carbonyl (C=O) groups is 1. The largest absolute Gasteiger partial charge is 0.497 e. The van der Waals surface area contributed by atoms with Gasteiger partial charge in [-0.2, -0.15) is 0 Å². The van der Waals surface area contributed by atoms with Gasteiger partial charge in [0, 0.05) is 6.04 Å². The fourth-order valence-electron chi connectivity index (χ4n) is 2.49. The fraction of sp³-hybridized carbons (Fsp3) is 0.350. The lowest BCUT2D eigenvalue weighted by atomic mass is 10.1. The minimum absolute atomic E-state index is 0.00512. The van der Waals surface area contributed by atoms with Gasteiger partial charge in [-0.25, -0.2) is 0 Å². The Bertz CT molecular complexity index is 702. The third kappa shape index (κ3) is 5.50. The first-order valence-electron chi connectivity index (χ1n) is 8.23. The van der Waals surface area contributed by atoms with Crippen molar-refractivity contribution in [3.05, 3.63) is 59.7 Å². The Hall–Kier alpha value is -2.53. The molecular formula is C20H25NO4. The average molecular weight is 343 g/mol. The molecule has 0 saturated carbocycles. The van der Waals surface area contributed by atoms with Gasteiger partial charge in [0.05, 0.1) is 14.2 Å². The van der Waals surface area contributed by atoms with Crippen LogP contribution in [0.3, 0.4) is 0 Å². The smallest absolute Gasteiger partial charge is 0.323 e. The molecule has 0 amide bonds. The molecule has 0 heterocycles. The van der Waals surface area contributed by atoms with E-state index in [1.54, 1.807) is 21.1 Å². The SMILES string of the molecule is COc1cccc(COC(=O)C(C)NC(C)c2cccc(OC)c2)c1. The first kappa shape index (κ1) is 18.8. The van der Waals surface area contributed by atoms with E-state index in [0.717, 1.165) is 22.6 Å². The minimum Gasteiger partial charge on any atom is -0.497 e. The van der Waals surface area contributed by atoms with Crippen molar-refractivity contribution in [1.29, 1.82) is 0 Å². The van der Waals surface area contributed by atoms with Crippen LogP contribution in [0.15, 0.2) is 48.5 Å². The normalized spacial score (nSPS) is 13.0. The molecule has 2 aromatic rings. The van der Waals surface area contributed by atoms with Gasteiger partial charge in [0.2, 0.25) is 0 Å². The second-order valence-corrected chi connectivity index (χ2v) is 5.85. The van der Waals surface area contributed by atoms with Gasteiger partial charge in [0.25, 0.3) is 0 Å². The van der Waals surface area contributed by atoms with Crippen LogP contribution >= 0.6 is 0 Å². The van der Waals surface area contributed by atoms with E-state index in [1.807, 2.05) is 55.5 Å². The molecule has 0 aliphatic rings. The Morgan fingerprint density at radius 2 is 1.64 bits per heavy atom. The Labute approximate surface area is 148 Å². The highest BCUT2D eigenvalue weighted by Crippen LogP contribution is 2.19. The van der Waals surface area contributed by atoms with Gasteiger partial charge in [-0.3, -0.25) is 10.1 Å². The zero-order valence-electron chi connectivity index (χ0n) is 15.1. The summed E-state index contributed by atoms with van der Waals surface area (Å²) in [5.74, 6) is 1.24. The second-order valence-electron chi connectivity index (χ2n) is 5.85. The lowest BCUT2D eigenvalue weighted by Crippen LogP contribution is -2.37. The van der Waals surface area contributed by atoms with Crippen molar-refractivity contribution in [2.45, 2.75) is 32.5 Å². The van der Waals surface area contributed by atoms with Crippen LogP contribution in [0.25, 0.3) is 0 Å². The summed E-state index contributed by atoms with van der Waals surface area (Å²) >= 11 is 0. The maximum absolute atomic E-state index is 12.2. The van der Waals surface area contributed by atoms with Gasteiger partial charge in [-0.05, 0) is 49.2 Å². The summed E-state index contributed by atoms with van der Waals surface area (Å²) in [7, 11) is 3.24. The molecule has 2 unspecified atom stereocenters. The minimum atomic E-state index is -0.424. The number of carbonyl (C=O) groups excluding carboxylic acids is 1. The Morgan fingerprint density at radius 1 is 1.00 bits per heavy atom. The van der Waals surface area contributed by atoms with Crippen molar-refractivity contribution in [3.63, 3.8) is 0 Å². The molecule has 0 aromatic heterocycles. The molecule has 2 aromatic carbocycles. The molecule has 134 valence electrons. The van der Waals surface area contributed by atoms with Crippen molar-refractivity contribution in [2.24, 2.45) is 0 Å². The second kappa shape index (κ2) is 9.08. The van der Waals surface area contributed by atoms with Gasteiger partial charge < -0.3 is 14.2 Å². The number of benzene rings is 2. The molecule has 2 rings (SSSR count). The van der Waals surface area contributed by atoms with Crippen LogP contribution in [-0.2, 0) is 16.1 Å². The van der Waals surface area contributed by atoms with E-state index >= 15 is 0 Å². The number of esters is 1. The molecule has 0 radical (unpaired) electrons. The van der Waals surface area contributed by atoms with E-state index < -0.39 is 6.04 Å². The number of hydrogen-bond donors (Lipinski definition) is 1. The third-order valence-corrected chi connectivity index (χ3v) is 3.96. The topological polar surface area (TPSA) is 56.8 Å². The van der Waals surface area contributed by atoms with Gasteiger partial charge in [0.1, 0.15) is 24.1 Å². The van der Waals surface area contributed by atoms with E-state index in [0.29, 0.717) is 0 Å². The molecule has 5 nitrogen and oxygen atoms in total.